The fourth-order valence-corrected chi connectivity index (χ4v) is 1.44. The lowest BCUT2D eigenvalue weighted by molar-refractivity contribution is -0.137. The fraction of sp³-hybridized carbons (Fsp3) is 0.833. The van der Waals surface area contributed by atoms with Crippen molar-refractivity contribution in [2.75, 3.05) is 13.6 Å². The van der Waals surface area contributed by atoms with Crippen molar-refractivity contribution < 1.29 is 14.7 Å². The third kappa shape index (κ3) is 7.26. The van der Waals surface area contributed by atoms with Gasteiger partial charge in [0.05, 0.1) is 0 Å². The van der Waals surface area contributed by atoms with E-state index in [1.54, 1.807) is 4.90 Å². The topological polar surface area (TPSA) is 57.6 Å². The van der Waals surface area contributed by atoms with E-state index in [0.717, 1.165) is 13.0 Å². The maximum absolute atomic E-state index is 11.6. The van der Waals surface area contributed by atoms with Gasteiger partial charge in [-0.15, -0.1) is 0 Å². The van der Waals surface area contributed by atoms with Crippen LogP contribution in [0.5, 0.6) is 0 Å². The van der Waals surface area contributed by atoms with Crippen LogP contribution in [0.15, 0.2) is 0 Å². The highest BCUT2D eigenvalue weighted by Gasteiger charge is 2.11. The highest BCUT2D eigenvalue weighted by atomic mass is 16.4. The van der Waals surface area contributed by atoms with Crippen LogP contribution >= 0.6 is 0 Å². The van der Waals surface area contributed by atoms with E-state index >= 15 is 0 Å². The first-order valence-corrected chi connectivity index (χ1v) is 5.93. The van der Waals surface area contributed by atoms with Gasteiger partial charge in [0, 0.05) is 26.4 Å². The van der Waals surface area contributed by atoms with Crippen molar-refractivity contribution in [2.24, 2.45) is 5.92 Å². The van der Waals surface area contributed by atoms with Crippen molar-refractivity contribution in [2.45, 2.75) is 46.0 Å². The summed E-state index contributed by atoms with van der Waals surface area (Å²) in [6.07, 6.45) is 2.92. The van der Waals surface area contributed by atoms with Crippen LogP contribution in [0.3, 0.4) is 0 Å². The van der Waals surface area contributed by atoms with Crippen molar-refractivity contribution in [3.05, 3.63) is 0 Å². The SMILES string of the molecule is CCC(C)CN(C)C(=O)CCCCC(=O)O. The molecule has 0 aliphatic heterocycles. The molecule has 0 spiro atoms. The molecule has 0 aromatic heterocycles. The van der Waals surface area contributed by atoms with Gasteiger partial charge in [0.1, 0.15) is 0 Å². The summed E-state index contributed by atoms with van der Waals surface area (Å²) in [5.74, 6) is -0.154. The van der Waals surface area contributed by atoms with E-state index in [0.29, 0.717) is 25.2 Å². The maximum Gasteiger partial charge on any atom is 0.303 e. The molecule has 1 atom stereocenters. The zero-order chi connectivity index (χ0) is 12.6. The summed E-state index contributed by atoms with van der Waals surface area (Å²) in [4.78, 5) is 23.6. The van der Waals surface area contributed by atoms with Gasteiger partial charge >= 0.3 is 5.97 Å². The Morgan fingerprint density at radius 3 is 2.31 bits per heavy atom. The lowest BCUT2D eigenvalue weighted by Crippen LogP contribution is -2.30. The molecule has 0 saturated heterocycles. The molecule has 1 unspecified atom stereocenters. The van der Waals surface area contributed by atoms with Crippen molar-refractivity contribution in [3.8, 4) is 0 Å². The summed E-state index contributed by atoms with van der Waals surface area (Å²) in [6.45, 7) is 5.01. The highest BCUT2D eigenvalue weighted by Crippen LogP contribution is 2.06. The summed E-state index contributed by atoms with van der Waals surface area (Å²) < 4.78 is 0. The summed E-state index contributed by atoms with van der Waals surface area (Å²) in [5.41, 5.74) is 0. The Morgan fingerprint density at radius 2 is 1.81 bits per heavy atom. The number of aliphatic carboxylic acids is 1. The Hall–Kier alpha value is -1.06. The maximum atomic E-state index is 11.6. The van der Waals surface area contributed by atoms with Gasteiger partial charge in [0.2, 0.25) is 5.91 Å². The smallest absolute Gasteiger partial charge is 0.303 e. The molecule has 0 aromatic carbocycles. The molecule has 0 radical (unpaired) electrons. The molecule has 1 N–H and O–H groups in total. The average molecular weight is 229 g/mol. The Morgan fingerprint density at radius 1 is 1.25 bits per heavy atom. The van der Waals surface area contributed by atoms with Crippen LogP contribution in [0.1, 0.15) is 46.0 Å². The number of hydrogen-bond acceptors (Lipinski definition) is 2. The first-order chi connectivity index (χ1) is 7.47. The number of carbonyl (C=O) groups excluding carboxylic acids is 1. The molecular formula is C12H23NO3. The van der Waals surface area contributed by atoms with Crippen molar-refractivity contribution in [3.63, 3.8) is 0 Å². The van der Waals surface area contributed by atoms with E-state index in [-0.39, 0.29) is 12.3 Å². The van der Waals surface area contributed by atoms with E-state index in [1.807, 2.05) is 7.05 Å². The van der Waals surface area contributed by atoms with Crippen LogP contribution in [0.4, 0.5) is 0 Å². The molecule has 4 nitrogen and oxygen atoms in total. The number of carbonyl (C=O) groups is 2. The van der Waals surface area contributed by atoms with E-state index < -0.39 is 5.97 Å². The molecule has 0 fully saturated rings. The fourth-order valence-electron chi connectivity index (χ4n) is 1.44. The average Bonchev–Trinajstić information content (AvgIpc) is 2.23. The molecule has 0 aliphatic rings. The monoisotopic (exact) mass is 229 g/mol. The second-order valence-electron chi connectivity index (χ2n) is 4.39. The third-order valence-electron chi connectivity index (χ3n) is 2.74. The van der Waals surface area contributed by atoms with Crippen LogP contribution in [0, 0.1) is 5.92 Å². The van der Waals surface area contributed by atoms with Gasteiger partial charge in [0.25, 0.3) is 0 Å². The molecule has 4 heteroatoms. The normalized spacial score (nSPS) is 12.2. The lowest BCUT2D eigenvalue weighted by atomic mass is 10.1. The number of nitrogens with zero attached hydrogens (tertiary/aromatic N) is 1. The molecule has 0 rings (SSSR count). The zero-order valence-electron chi connectivity index (χ0n) is 10.5. The van der Waals surface area contributed by atoms with Crippen LogP contribution in [-0.4, -0.2) is 35.5 Å². The lowest BCUT2D eigenvalue weighted by Gasteiger charge is -2.20. The molecule has 1 amide bonds. The quantitative estimate of drug-likeness (QED) is 0.649. The van der Waals surface area contributed by atoms with E-state index in [1.165, 1.54) is 0 Å². The number of unbranched alkanes of at least 4 members (excludes halogenated alkanes) is 1. The van der Waals surface area contributed by atoms with Gasteiger partial charge < -0.3 is 10.0 Å². The number of amides is 1. The van der Waals surface area contributed by atoms with E-state index in [2.05, 4.69) is 13.8 Å². The summed E-state index contributed by atoms with van der Waals surface area (Å²) in [5, 5.41) is 8.44. The van der Waals surface area contributed by atoms with Crippen LogP contribution in [0.25, 0.3) is 0 Å². The van der Waals surface area contributed by atoms with Gasteiger partial charge in [-0.2, -0.15) is 0 Å². The number of rotatable bonds is 8. The third-order valence-corrected chi connectivity index (χ3v) is 2.74. The van der Waals surface area contributed by atoms with Crippen molar-refractivity contribution in [1.29, 1.82) is 0 Å². The largest absolute Gasteiger partial charge is 0.481 e. The first kappa shape index (κ1) is 14.9. The molecule has 94 valence electrons. The Labute approximate surface area is 97.6 Å². The second-order valence-corrected chi connectivity index (χ2v) is 4.39. The number of hydrogen-bond donors (Lipinski definition) is 1. The van der Waals surface area contributed by atoms with Gasteiger partial charge in [-0.3, -0.25) is 9.59 Å². The molecule has 0 heterocycles. The van der Waals surface area contributed by atoms with Gasteiger partial charge in [-0.25, -0.2) is 0 Å². The molecule has 0 aromatic rings. The Balaban J connectivity index is 3.67. The number of carboxylic acid groups (broad SMARTS) is 1. The standard InChI is InChI=1S/C12H23NO3/c1-4-10(2)9-13(3)11(14)7-5-6-8-12(15)16/h10H,4-9H2,1-3H3,(H,15,16). The minimum absolute atomic E-state index is 0.116. The van der Waals surface area contributed by atoms with E-state index in [4.69, 9.17) is 5.11 Å². The summed E-state index contributed by atoms with van der Waals surface area (Å²) in [7, 11) is 1.81. The van der Waals surface area contributed by atoms with Gasteiger partial charge in [-0.1, -0.05) is 20.3 Å². The summed E-state index contributed by atoms with van der Waals surface area (Å²) in [6, 6.07) is 0. The van der Waals surface area contributed by atoms with Gasteiger partial charge in [0.15, 0.2) is 0 Å². The molecular weight excluding hydrogens is 206 g/mol. The first-order valence-electron chi connectivity index (χ1n) is 5.93. The zero-order valence-corrected chi connectivity index (χ0v) is 10.5. The van der Waals surface area contributed by atoms with Crippen LogP contribution in [0.2, 0.25) is 0 Å². The van der Waals surface area contributed by atoms with Crippen LogP contribution in [-0.2, 0) is 9.59 Å². The minimum Gasteiger partial charge on any atom is -0.481 e. The van der Waals surface area contributed by atoms with Gasteiger partial charge in [-0.05, 0) is 18.8 Å². The molecule has 0 aliphatic carbocycles. The molecule has 0 bridgehead atoms. The van der Waals surface area contributed by atoms with Crippen molar-refractivity contribution in [1.82, 2.24) is 4.90 Å². The molecule has 16 heavy (non-hydrogen) atoms. The molecule has 0 saturated carbocycles. The minimum atomic E-state index is -0.791. The predicted octanol–water partition coefficient (Wildman–Crippen LogP) is 2.14. The Bertz CT molecular complexity index is 228. The second kappa shape index (κ2) is 8.13. The van der Waals surface area contributed by atoms with Crippen molar-refractivity contribution >= 4 is 11.9 Å². The number of carboxylic acids is 1. The summed E-state index contributed by atoms with van der Waals surface area (Å²) >= 11 is 0. The highest BCUT2D eigenvalue weighted by molar-refractivity contribution is 5.75. The predicted molar refractivity (Wildman–Crippen MR) is 63.2 cm³/mol. The Kier molecular flexibility index (Phi) is 7.60. The van der Waals surface area contributed by atoms with E-state index in [9.17, 15) is 9.59 Å². The van der Waals surface area contributed by atoms with Crippen LogP contribution < -0.4 is 0 Å².